The van der Waals surface area contributed by atoms with E-state index in [1.54, 1.807) is 7.11 Å². The van der Waals surface area contributed by atoms with Crippen LogP contribution in [0, 0.1) is 0 Å². The molecule has 1 aliphatic carbocycles. The number of hydrogen-bond acceptors (Lipinski definition) is 3. The molecule has 1 aromatic rings. The molecule has 0 atom stereocenters. The molecule has 2 rings (SSSR count). The minimum atomic E-state index is 0.543. The second kappa shape index (κ2) is 5.34. The molecule has 0 aromatic carbocycles. The Kier molecular flexibility index (Phi) is 3.83. The van der Waals surface area contributed by atoms with Crippen LogP contribution < -0.4 is 10.5 Å². The molecule has 0 bridgehead atoms. The lowest BCUT2D eigenvalue weighted by Crippen LogP contribution is -2.09. The Labute approximate surface area is 96.8 Å². The van der Waals surface area contributed by atoms with Crippen molar-refractivity contribution in [1.82, 2.24) is 9.78 Å². The van der Waals surface area contributed by atoms with Crippen LogP contribution in [0.15, 0.2) is 6.20 Å². The number of rotatable bonds is 5. The first-order valence-corrected chi connectivity index (χ1v) is 6.17. The zero-order valence-corrected chi connectivity index (χ0v) is 9.98. The van der Waals surface area contributed by atoms with Gasteiger partial charge in [0, 0.05) is 5.56 Å². The van der Waals surface area contributed by atoms with Crippen LogP contribution in [0.3, 0.4) is 0 Å². The summed E-state index contributed by atoms with van der Waals surface area (Å²) in [7, 11) is 1.73. The van der Waals surface area contributed by atoms with Crippen molar-refractivity contribution in [2.45, 2.75) is 44.6 Å². The number of nitrogens with two attached hydrogens (primary N) is 1. The van der Waals surface area contributed by atoms with Gasteiger partial charge in [-0.15, -0.1) is 0 Å². The van der Waals surface area contributed by atoms with Crippen LogP contribution >= 0.6 is 0 Å². The first kappa shape index (κ1) is 11.5. The summed E-state index contributed by atoms with van der Waals surface area (Å²) in [6, 6.07) is 0.543. The molecule has 1 aliphatic rings. The summed E-state index contributed by atoms with van der Waals surface area (Å²) < 4.78 is 7.55. The fourth-order valence-corrected chi connectivity index (χ4v) is 2.48. The second-order valence-electron chi connectivity index (χ2n) is 4.45. The van der Waals surface area contributed by atoms with Crippen LogP contribution in [0.5, 0.6) is 5.88 Å². The van der Waals surface area contributed by atoms with Gasteiger partial charge >= 0.3 is 0 Å². The topological polar surface area (TPSA) is 53.1 Å². The van der Waals surface area contributed by atoms with E-state index in [9.17, 15) is 0 Å². The van der Waals surface area contributed by atoms with Crippen LogP contribution in [0.25, 0.3) is 0 Å². The van der Waals surface area contributed by atoms with Gasteiger partial charge in [-0.2, -0.15) is 5.10 Å². The minimum Gasteiger partial charge on any atom is -0.481 e. The van der Waals surface area contributed by atoms with Crippen LogP contribution in [-0.4, -0.2) is 23.4 Å². The molecule has 16 heavy (non-hydrogen) atoms. The van der Waals surface area contributed by atoms with Gasteiger partial charge < -0.3 is 10.5 Å². The highest BCUT2D eigenvalue weighted by atomic mass is 16.5. The molecule has 0 amide bonds. The molecule has 0 aliphatic heterocycles. The van der Waals surface area contributed by atoms with Crippen LogP contribution in [0.2, 0.25) is 0 Å². The van der Waals surface area contributed by atoms with E-state index in [0.717, 1.165) is 25.3 Å². The summed E-state index contributed by atoms with van der Waals surface area (Å²) in [6.45, 7) is 0.720. The van der Waals surface area contributed by atoms with Gasteiger partial charge in [-0.25, -0.2) is 4.68 Å². The molecule has 0 saturated heterocycles. The highest BCUT2D eigenvalue weighted by Crippen LogP contribution is 2.33. The van der Waals surface area contributed by atoms with Gasteiger partial charge in [0.05, 0.1) is 19.3 Å². The first-order valence-electron chi connectivity index (χ1n) is 6.17. The maximum Gasteiger partial charge on any atom is 0.214 e. The predicted molar refractivity (Wildman–Crippen MR) is 63.7 cm³/mol. The van der Waals surface area contributed by atoms with E-state index in [0.29, 0.717) is 6.04 Å². The van der Waals surface area contributed by atoms with E-state index >= 15 is 0 Å². The highest BCUT2D eigenvalue weighted by Gasteiger charge is 2.22. The van der Waals surface area contributed by atoms with Gasteiger partial charge in [0.1, 0.15) is 0 Å². The Morgan fingerprint density at radius 1 is 1.50 bits per heavy atom. The zero-order valence-electron chi connectivity index (χ0n) is 9.98. The Morgan fingerprint density at radius 2 is 2.25 bits per heavy atom. The van der Waals surface area contributed by atoms with E-state index in [4.69, 9.17) is 10.5 Å². The van der Waals surface area contributed by atoms with Crippen molar-refractivity contribution in [2.24, 2.45) is 5.73 Å². The van der Waals surface area contributed by atoms with E-state index in [1.807, 2.05) is 6.20 Å². The standard InChI is InChI=1S/C12H21N3O/c1-16-12-10(5-4-8-13)9-14-15(12)11-6-2-3-7-11/h9,11H,2-8,13H2,1H3. The molecule has 2 N–H and O–H groups in total. The third-order valence-corrected chi connectivity index (χ3v) is 3.33. The summed E-state index contributed by atoms with van der Waals surface area (Å²) in [5.41, 5.74) is 6.72. The summed E-state index contributed by atoms with van der Waals surface area (Å²) in [5.74, 6) is 0.945. The average molecular weight is 223 g/mol. The van der Waals surface area contributed by atoms with Gasteiger partial charge in [-0.3, -0.25) is 0 Å². The zero-order chi connectivity index (χ0) is 11.4. The van der Waals surface area contributed by atoms with Crippen molar-refractivity contribution < 1.29 is 4.74 Å². The Balaban J connectivity index is 2.14. The molecule has 0 spiro atoms. The lowest BCUT2D eigenvalue weighted by atomic mass is 10.2. The second-order valence-corrected chi connectivity index (χ2v) is 4.45. The number of aromatic nitrogens is 2. The van der Waals surface area contributed by atoms with Crippen molar-refractivity contribution in [1.29, 1.82) is 0 Å². The number of hydrogen-bond donors (Lipinski definition) is 1. The lowest BCUT2D eigenvalue weighted by Gasteiger charge is -2.13. The molecule has 1 fully saturated rings. The molecule has 4 nitrogen and oxygen atoms in total. The Morgan fingerprint density at radius 3 is 2.88 bits per heavy atom. The van der Waals surface area contributed by atoms with Gasteiger partial charge in [-0.05, 0) is 32.2 Å². The summed E-state index contributed by atoms with van der Waals surface area (Å²) in [6.07, 6.45) is 8.98. The first-order chi connectivity index (χ1) is 7.86. The Hall–Kier alpha value is -1.03. The van der Waals surface area contributed by atoms with Crippen molar-refractivity contribution in [3.63, 3.8) is 0 Å². The SMILES string of the molecule is COc1c(CCCN)cnn1C1CCCC1. The number of ether oxygens (including phenoxy) is 1. The summed E-state index contributed by atoms with van der Waals surface area (Å²) in [4.78, 5) is 0. The maximum atomic E-state index is 5.53. The molecule has 0 unspecified atom stereocenters. The molecule has 0 radical (unpaired) electrons. The van der Waals surface area contributed by atoms with E-state index in [2.05, 4.69) is 9.78 Å². The fraction of sp³-hybridized carbons (Fsp3) is 0.750. The van der Waals surface area contributed by atoms with Crippen molar-refractivity contribution in [2.75, 3.05) is 13.7 Å². The molecule has 1 heterocycles. The largest absolute Gasteiger partial charge is 0.481 e. The lowest BCUT2D eigenvalue weighted by molar-refractivity contribution is 0.328. The van der Waals surface area contributed by atoms with Crippen molar-refractivity contribution in [3.8, 4) is 5.88 Å². The van der Waals surface area contributed by atoms with E-state index in [-0.39, 0.29) is 0 Å². The smallest absolute Gasteiger partial charge is 0.214 e. The third kappa shape index (κ3) is 2.21. The fourth-order valence-electron chi connectivity index (χ4n) is 2.48. The van der Waals surface area contributed by atoms with E-state index in [1.165, 1.54) is 31.2 Å². The van der Waals surface area contributed by atoms with Crippen LogP contribution in [0.4, 0.5) is 0 Å². The summed E-state index contributed by atoms with van der Waals surface area (Å²) in [5, 5.41) is 4.47. The van der Waals surface area contributed by atoms with Gasteiger partial charge in [0.2, 0.25) is 5.88 Å². The molecule has 4 heteroatoms. The third-order valence-electron chi connectivity index (χ3n) is 3.33. The average Bonchev–Trinajstić information content (AvgIpc) is 2.94. The minimum absolute atomic E-state index is 0.543. The van der Waals surface area contributed by atoms with Gasteiger partial charge in [-0.1, -0.05) is 12.8 Å². The van der Waals surface area contributed by atoms with Crippen molar-refractivity contribution >= 4 is 0 Å². The van der Waals surface area contributed by atoms with Gasteiger partial charge in [0.25, 0.3) is 0 Å². The van der Waals surface area contributed by atoms with Crippen LogP contribution in [0.1, 0.15) is 43.7 Å². The van der Waals surface area contributed by atoms with Crippen LogP contribution in [-0.2, 0) is 6.42 Å². The molecular formula is C12H21N3O. The Bertz CT molecular complexity index is 329. The molecule has 1 aromatic heterocycles. The van der Waals surface area contributed by atoms with Crippen molar-refractivity contribution in [3.05, 3.63) is 11.8 Å². The molecule has 90 valence electrons. The maximum absolute atomic E-state index is 5.53. The number of nitrogens with zero attached hydrogens (tertiary/aromatic N) is 2. The predicted octanol–water partition coefficient (Wildman–Crippen LogP) is 1.90. The summed E-state index contributed by atoms with van der Waals surface area (Å²) >= 11 is 0. The number of aryl methyl sites for hydroxylation is 1. The quantitative estimate of drug-likeness (QED) is 0.829. The molecule has 1 saturated carbocycles. The highest BCUT2D eigenvalue weighted by molar-refractivity contribution is 5.25. The van der Waals surface area contributed by atoms with Gasteiger partial charge in [0.15, 0.2) is 0 Å². The number of methoxy groups -OCH3 is 1. The monoisotopic (exact) mass is 223 g/mol. The normalized spacial score (nSPS) is 16.9. The molecular weight excluding hydrogens is 202 g/mol. The van der Waals surface area contributed by atoms with E-state index < -0.39 is 0 Å².